The Morgan fingerprint density at radius 3 is 2.45 bits per heavy atom. The van der Waals surface area contributed by atoms with Crippen molar-refractivity contribution in [1.82, 2.24) is 10.6 Å². The van der Waals surface area contributed by atoms with E-state index >= 15 is 0 Å². The first kappa shape index (κ1) is 14.7. The van der Waals surface area contributed by atoms with Gasteiger partial charge in [-0.2, -0.15) is 5.26 Å². The van der Waals surface area contributed by atoms with Crippen LogP contribution in [0.1, 0.15) is 31.2 Å². The fraction of sp³-hybridized carbons (Fsp3) is 0.529. The SMILES string of the molecule is Cc1ccccc1N(C)C1(C#N)CCC2(CC1)CNC(=O)N2. The van der Waals surface area contributed by atoms with Crippen molar-refractivity contribution in [3.8, 4) is 6.07 Å². The van der Waals surface area contributed by atoms with Gasteiger partial charge < -0.3 is 15.5 Å². The van der Waals surface area contributed by atoms with Crippen LogP contribution in [0.25, 0.3) is 0 Å². The topological polar surface area (TPSA) is 68.2 Å². The quantitative estimate of drug-likeness (QED) is 0.880. The van der Waals surface area contributed by atoms with E-state index in [1.165, 1.54) is 5.56 Å². The molecule has 1 aromatic carbocycles. The lowest BCUT2D eigenvalue weighted by Gasteiger charge is -2.46. The summed E-state index contributed by atoms with van der Waals surface area (Å²) in [5.74, 6) is 0. The number of nitrogens with one attached hydrogen (secondary N) is 2. The van der Waals surface area contributed by atoms with Crippen LogP contribution in [0, 0.1) is 18.3 Å². The van der Waals surface area contributed by atoms with Gasteiger partial charge in [0.2, 0.25) is 0 Å². The van der Waals surface area contributed by atoms with Gasteiger partial charge >= 0.3 is 6.03 Å². The highest BCUT2D eigenvalue weighted by Crippen LogP contribution is 2.41. The van der Waals surface area contributed by atoms with Gasteiger partial charge in [0.15, 0.2) is 0 Å². The minimum atomic E-state index is -0.495. The lowest BCUT2D eigenvalue weighted by Crippen LogP contribution is -2.56. The number of hydrogen-bond donors (Lipinski definition) is 2. The summed E-state index contributed by atoms with van der Waals surface area (Å²) in [5, 5.41) is 15.7. The third-order valence-electron chi connectivity index (χ3n) is 5.33. The summed E-state index contributed by atoms with van der Waals surface area (Å²) in [6.45, 7) is 2.74. The van der Waals surface area contributed by atoms with E-state index in [1.54, 1.807) is 0 Å². The molecule has 1 saturated carbocycles. The summed E-state index contributed by atoms with van der Waals surface area (Å²) in [6, 6.07) is 10.6. The smallest absolute Gasteiger partial charge is 0.315 e. The molecule has 0 radical (unpaired) electrons. The minimum Gasteiger partial charge on any atom is -0.356 e. The second-order valence-corrected chi connectivity index (χ2v) is 6.58. The van der Waals surface area contributed by atoms with Crippen LogP contribution in [-0.4, -0.2) is 30.7 Å². The van der Waals surface area contributed by atoms with Crippen LogP contribution in [0.15, 0.2) is 24.3 Å². The molecule has 0 aromatic heterocycles. The lowest BCUT2D eigenvalue weighted by atomic mass is 9.72. The highest BCUT2D eigenvalue weighted by atomic mass is 16.2. The zero-order valence-corrected chi connectivity index (χ0v) is 13.1. The second kappa shape index (κ2) is 5.20. The molecule has 5 heteroatoms. The van der Waals surface area contributed by atoms with Crippen molar-refractivity contribution in [2.75, 3.05) is 18.5 Å². The molecule has 1 heterocycles. The summed E-state index contributed by atoms with van der Waals surface area (Å²) in [6.07, 6.45) is 3.18. The van der Waals surface area contributed by atoms with Crippen molar-refractivity contribution >= 4 is 11.7 Å². The van der Waals surface area contributed by atoms with Gasteiger partial charge in [0.25, 0.3) is 0 Å². The first-order chi connectivity index (χ1) is 10.5. The van der Waals surface area contributed by atoms with Crippen molar-refractivity contribution in [2.45, 2.75) is 43.7 Å². The molecule has 3 rings (SSSR count). The molecule has 1 aromatic rings. The summed E-state index contributed by atoms with van der Waals surface area (Å²) in [7, 11) is 2.01. The number of urea groups is 1. The van der Waals surface area contributed by atoms with E-state index in [0.717, 1.165) is 31.4 Å². The highest BCUT2D eigenvalue weighted by molar-refractivity contribution is 5.77. The third-order valence-corrected chi connectivity index (χ3v) is 5.33. The number of benzene rings is 1. The maximum atomic E-state index is 11.4. The van der Waals surface area contributed by atoms with Gasteiger partial charge in [-0.3, -0.25) is 0 Å². The highest BCUT2D eigenvalue weighted by Gasteiger charge is 2.48. The van der Waals surface area contributed by atoms with Gasteiger partial charge in [-0.25, -0.2) is 4.79 Å². The number of aryl methyl sites for hydroxylation is 1. The Morgan fingerprint density at radius 1 is 1.23 bits per heavy atom. The summed E-state index contributed by atoms with van der Waals surface area (Å²) in [5.41, 5.74) is 1.62. The fourth-order valence-corrected chi connectivity index (χ4v) is 3.72. The number of para-hydroxylation sites is 1. The van der Waals surface area contributed by atoms with Crippen LogP contribution in [0.2, 0.25) is 0 Å². The van der Waals surface area contributed by atoms with E-state index in [4.69, 9.17) is 0 Å². The number of amides is 2. The molecule has 2 N–H and O–H groups in total. The average Bonchev–Trinajstić information content (AvgIpc) is 2.89. The van der Waals surface area contributed by atoms with Gasteiger partial charge in [0.05, 0.1) is 11.6 Å². The van der Waals surface area contributed by atoms with Crippen molar-refractivity contribution in [3.63, 3.8) is 0 Å². The molecule has 2 fully saturated rings. The maximum absolute atomic E-state index is 11.4. The van der Waals surface area contributed by atoms with Crippen LogP contribution in [0.3, 0.4) is 0 Å². The number of nitrogens with zero attached hydrogens (tertiary/aromatic N) is 2. The number of carbonyl (C=O) groups excluding carboxylic acids is 1. The molecule has 1 spiro atoms. The average molecular weight is 298 g/mol. The molecule has 5 nitrogen and oxygen atoms in total. The van der Waals surface area contributed by atoms with E-state index in [9.17, 15) is 10.1 Å². The molecular formula is C17H22N4O. The largest absolute Gasteiger partial charge is 0.356 e. The van der Waals surface area contributed by atoms with Crippen molar-refractivity contribution in [3.05, 3.63) is 29.8 Å². The predicted molar refractivity (Wildman–Crippen MR) is 85.7 cm³/mol. The van der Waals surface area contributed by atoms with E-state index in [2.05, 4.69) is 40.7 Å². The van der Waals surface area contributed by atoms with Gasteiger partial charge in [-0.1, -0.05) is 18.2 Å². The molecule has 22 heavy (non-hydrogen) atoms. The standard InChI is InChI=1S/C17H22N4O/c1-13-5-3-4-6-14(13)21(2)17(11-18)9-7-16(8-10-17)12-19-15(22)20-16/h3-6H,7-10,12H2,1-2H3,(H2,19,20,22). The number of carbonyl (C=O) groups is 1. The van der Waals surface area contributed by atoms with Crippen LogP contribution in [-0.2, 0) is 0 Å². The molecule has 1 saturated heterocycles. The zero-order chi connectivity index (χ0) is 15.8. The molecule has 116 valence electrons. The Hall–Kier alpha value is -2.22. The molecule has 0 unspecified atom stereocenters. The Balaban J connectivity index is 1.82. The predicted octanol–water partition coefficient (Wildman–Crippen LogP) is 2.32. The molecule has 1 aliphatic carbocycles. The molecule has 2 aliphatic rings. The van der Waals surface area contributed by atoms with E-state index in [0.29, 0.717) is 6.54 Å². The molecule has 0 bridgehead atoms. The number of nitriles is 1. The van der Waals surface area contributed by atoms with Gasteiger partial charge in [0.1, 0.15) is 5.54 Å². The number of anilines is 1. The number of rotatable bonds is 2. The Labute approximate surface area is 131 Å². The van der Waals surface area contributed by atoms with E-state index in [-0.39, 0.29) is 11.6 Å². The Morgan fingerprint density at radius 2 is 1.91 bits per heavy atom. The molecule has 1 aliphatic heterocycles. The monoisotopic (exact) mass is 298 g/mol. The van der Waals surface area contributed by atoms with Gasteiger partial charge in [0, 0.05) is 19.3 Å². The van der Waals surface area contributed by atoms with Crippen molar-refractivity contribution < 1.29 is 4.79 Å². The normalized spacial score (nSPS) is 30.5. The summed E-state index contributed by atoms with van der Waals surface area (Å²) < 4.78 is 0. The zero-order valence-electron chi connectivity index (χ0n) is 13.1. The summed E-state index contributed by atoms with van der Waals surface area (Å²) >= 11 is 0. The van der Waals surface area contributed by atoms with Crippen molar-refractivity contribution in [1.29, 1.82) is 5.26 Å². The fourth-order valence-electron chi connectivity index (χ4n) is 3.72. The number of hydrogen-bond acceptors (Lipinski definition) is 3. The first-order valence-electron chi connectivity index (χ1n) is 7.77. The van der Waals surface area contributed by atoms with Crippen LogP contribution < -0.4 is 15.5 Å². The van der Waals surface area contributed by atoms with E-state index in [1.807, 2.05) is 19.2 Å². The minimum absolute atomic E-state index is 0.0864. The summed E-state index contributed by atoms with van der Waals surface area (Å²) in [4.78, 5) is 13.6. The van der Waals surface area contributed by atoms with Crippen LogP contribution >= 0.6 is 0 Å². The van der Waals surface area contributed by atoms with Crippen LogP contribution in [0.4, 0.5) is 10.5 Å². The van der Waals surface area contributed by atoms with Crippen LogP contribution in [0.5, 0.6) is 0 Å². The Bertz CT molecular complexity index is 626. The third kappa shape index (κ3) is 2.29. The second-order valence-electron chi connectivity index (χ2n) is 6.58. The van der Waals surface area contributed by atoms with E-state index < -0.39 is 5.54 Å². The first-order valence-corrected chi connectivity index (χ1v) is 7.77. The van der Waals surface area contributed by atoms with Crippen molar-refractivity contribution in [2.24, 2.45) is 0 Å². The molecule has 2 amide bonds. The molecular weight excluding hydrogens is 276 g/mol. The molecule has 0 atom stereocenters. The van der Waals surface area contributed by atoms with Gasteiger partial charge in [-0.15, -0.1) is 0 Å². The maximum Gasteiger partial charge on any atom is 0.315 e. The Kier molecular flexibility index (Phi) is 3.48. The lowest BCUT2D eigenvalue weighted by molar-refractivity contribution is 0.214. The van der Waals surface area contributed by atoms with Gasteiger partial charge in [-0.05, 0) is 44.2 Å².